The molecule has 1 aliphatic rings. The summed E-state index contributed by atoms with van der Waals surface area (Å²) in [7, 11) is 1.56. The van der Waals surface area contributed by atoms with E-state index in [2.05, 4.69) is 4.98 Å². The van der Waals surface area contributed by atoms with Crippen LogP contribution in [0.2, 0.25) is 0 Å². The lowest BCUT2D eigenvalue weighted by molar-refractivity contribution is -0.118. The van der Waals surface area contributed by atoms with Crippen molar-refractivity contribution in [3.63, 3.8) is 0 Å². The van der Waals surface area contributed by atoms with E-state index in [9.17, 15) is 9.59 Å². The Bertz CT molecular complexity index is 974. The van der Waals surface area contributed by atoms with Crippen molar-refractivity contribution in [2.75, 3.05) is 18.6 Å². The van der Waals surface area contributed by atoms with Crippen molar-refractivity contribution >= 4 is 28.3 Å². The van der Waals surface area contributed by atoms with E-state index in [1.165, 1.54) is 0 Å². The van der Waals surface area contributed by atoms with Crippen LogP contribution in [0.15, 0.2) is 48.7 Å². The van der Waals surface area contributed by atoms with Gasteiger partial charge in [-0.25, -0.2) is 0 Å². The standard InChI is InChI=1S/C20H18N2O3/c1-25-14-6-7-18-16(11-14)19(23)8-9-22(18)20(24)10-13-12-21-17-5-3-2-4-15(13)17/h2-7,11-12,21H,8-10H2,1H3. The quantitative estimate of drug-likeness (QED) is 0.799. The minimum Gasteiger partial charge on any atom is -0.497 e. The van der Waals surface area contributed by atoms with E-state index in [1.54, 1.807) is 30.2 Å². The molecule has 5 nitrogen and oxygen atoms in total. The molecule has 25 heavy (non-hydrogen) atoms. The van der Waals surface area contributed by atoms with Gasteiger partial charge in [-0.1, -0.05) is 18.2 Å². The van der Waals surface area contributed by atoms with Crippen LogP contribution in [0.3, 0.4) is 0 Å². The maximum Gasteiger partial charge on any atom is 0.231 e. The lowest BCUT2D eigenvalue weighted by Crippen LogP contribution is -2.38. The largest absolute Gasteiger partial charge is 0.497 e. The van der Waals surface area contributed by atoms with Crippen LogP contribution in [0.5, 0.6) is 5.75 Å². The third-order valence-electron chi connectivity index (χ3n) is 4.68. The SMILES string of the molecule is COc1ccc2c(c1)C(=O)CCN2C(=O)Cc1c[nH]c2ccccc12. The molecule has 126 valence electrons. The molecule has 0 spiro atoms. The van der Waals surface area contributed by atoms with E-state index in [4.69, 9.17) is 4.74 Å². The predicted octanol–water partition coefficient (Wildman–Crippen LogP) is 3.34. The van der Waals surface area contributed by atoms with Gasteiger partial charge in [0.25, 0.3) is 0 Å². The Morgan fingerprint density at radius 2 is 2.08 bits per heavy atom. The number of benzene rings is 2. The summed E-state index contributed by atoms with van der Waals surface area (Å²) in [6, 6.07) is 13.2. The summed E-state index contributed by atoms with van der Waals surface area (Å²) in [5.74, 6) is 0.659. The maximum atomic E-state index is 12.9. The van der Waals surface area contributed by atoms with Gasteiger partial charge in [-0.15, -0.1) is 0 Å². The first-order chi connectivity index (χ1) is 12.2. The number of nitrogens with one attached hydrogen (secondary N) is 1. The number of ketones is 1. The number of hydrogen-bond acceptors (Lipinski definition) is 3. The first-order valence-electron chi connectivity index (χ1n) is 8.24. The molecular formula is C20H18N2O3. The number of methoxy groups -OCH3 is 1. The Hall–Kier alpha value is -3.08. The average molecular weight is 334 g/mol. The van der Waals surface area contributed by atoms with Gasteiger partial charge in [-0.2, -0.15) is 0 Å². The van der Waals surface area contributed by atoms with E-state index >= 15 is 0 Å². The molecule has 0 saturated carbocycles. The molecule has 1 amide bonds. The van der Waals surface area contributed by atoms with Gasteiger partial charge in [0, 0.05) is 35.6 Å². The fourth-order valence-electron chi connectivity index (χ4n) is 3.36. The average Bonchev–Trinajstić information content (AvgIpc) is 3.05. The summed E-state index contributed by atoms with van der Waals surface area (Å²) in [6.45, 7) is 0.416. The number of aromatic amines is 1. The molecule has 1 aliphatic heterocycles. The molecule has 0 fully saturated rings. The minimum atomic E-state index is -0.0105. The number of fused-ring (bicyclic) bond motifs is 2. The predicted molar refractivity (Wildman–Crippen MR) is 96.3 cm³/mol. The summed E-state index contributed by atoms with van der Waals surface area (Å²) < 4.78 is 5.20. The number of carbonyl (C=O) groups excluding carboxylic acids is 2. The number of para-hydroxylation sites is 1. The fourth-order valence-corrected chi connectivity index (χ4v) is 3.36. The molecule has 1 aromatic heterocycles. The Balaban J connectivity index is 1.65. The van der Waals surface area contributed by atoms with Gasteiger partial charge in [0.15, 0.2) is 5.78 Å². The topological polar surface area (TPSA) is 62.4 Å². The molecule has 0 unspecified atom stereocenters. The summed E-state index contributed by atoms with van der Waals surface area (Å²) in [6.07, 6.45) is 2.51. The van der Waals surface area contributed by atoms with Gasteiger partial charge >= 0.3 is 0 Å². The van der Waals surface area contributed by atoms with E-state index in [1.807, 2.05) is 30.5 Å². The molecule has 0 atom stereocenters. The van der Waals surface area contributed by atoms with Gasteiger partial charge < -0.3 is 14.6 Å². The zero-order valence-corrected chi connectivity index (χ0v) is 13.9. The zero-order chi connectivity index (χ0) is 17.4. The number of amides is 1. The number of nitrogens with zero attached hydrogens (tertiary/aromatic N) is 1. The van der Waals surface area contributed by atoms with Crippen LogP contribution in [0, 0.1) is 0 Å². The van der Waals surface area contributed by atoms with Gasteiger partial charge in [0.05, 0.1) is 19.2 Å². The van der Waals surface area contributed by atoms with Gasteiger partial charge in [0.2, 0.25) is 5.91 Å². The number of carbonyl (C=O) groups is 2. The van der Waals surface area contributed by atoms with Crippen molar-refractivity contribution < 1.29 is 14.3 Å². The summed E-state index contributed by atoms with van der Waals surface area (Å²) in [5.41, 5.74) is 3.21. The van der Waals surface area contributed by atoms with Crippen LogP contribution in [0.25, 0.3) is 10.9 Å². The monoisotopic (exact) mass is 334 g/mol. The van der Waals surface area contributed by atoms with Crippen molar-refractivity contribution in [1.82, 2.24) is 4.98 Å². The number of ether oxygens (including phenoxy) is 1. The highest BCUT2D eigenvalue weighted by Gasteiger charge is 2.28. The maximum absolute atomic E-state index is 12.9. The number of anilines is 1. The van der Waals surface area contributed by atoms with E-state index in [-0.39, 0.29) is 11.7 Å². The van der Waals surface area contributed by atoms with Gasteiger partial charge in [0.1, 0.15) is 5.75 Å². The molecule has 0 radical (unpaired) electrons. The van der Waals surface area contributed by atoms with Crippen LogP contribution in [0.4, 0.5) is 5.69 Å². The second kappa shape index (κ2) is 6.09. The van der Waals surface area contributed by atoms with Crippen molar-refractivity contribution in [2.45, 2.75) is 12.8 Å². The molecule has 3 aromatic rings. The van der Waals surface area contributed by atoms with Crippen molar-refractivity contribution in [2.24, 2.45) is 0 Å². The number of aromatic nitrogens is 1. The third kappa shape index (κ3) is 2.67. The van der Waals surface area contributed by atoms with Crippen LogP contribution < -0.4 is 9.64 Å². The highest BCUT2D eigenvalue weighted by Crippen LogP contribution is 2.31. The lowest BCUT2D eigenvalue weighted by Gasteiger charge is -2.29. The first-order valence-corrected chi connectivity index (χ1v) is 8.24. The number of hydrogen-bond donors (Lipinski definition) is 1. The van der Waals surface area contributed by atoms with Gasteiger partial charge in [-0.05, 0) is 29.8 Å². The van der Waals surface area contributed by atoms with Crippen LogP contribution in [-0.4, -0.2) is 30.3 Å². The molecule has 0 bridgehead atoms. The molecule has 0 saturated heterocycles. The number of H-pyrrole nitrogens is 1. The second-order valence-electron chi connectivity index (χ2n) is 6.14. The normalized spacial score (nSPS) is 13.8. The lowest BCUT2D eigenvalue weighted by atomic mass is 9.99. The first kappa shape index (κ1) is 15.4. The Morgan fingerprint density at radius 1 is 1.24 bits per heavy atom. The summed E-state index contributed by atoms with van der Waals surface area (Å²) >= 11 is 0. The van der Waals surface area contributed by atoms with Crippen LogP contribution in [0.1, 0.15) is 22.3 Å². The Morgan fingerprint density at radius 3 is 2.92 bits per heavy atom. The molecule has 4 rings (SSSR count). The van der Waals surface area contributed by atoms with Gasteiger partial charge in [-0.3, -0.25) is 9.59 Å². The van der Waals surface area contributed by atoms with Crippen molar-refractivity contribution in [3.8, 4) is 5.75 Å². The molecule has 0 aliphatic carbocycles. The molecule has 2 heterocycles. The molecular weight excluding hydrogens is 316 g/mol. The summed E-state index contributed by atoms with van der Waals surface area (Å²) in [5, 5.41) is 1.05. The summed E-state index contributed by atoms with van der Waals surface area (Å²) in [4.78, 5) is 30.0. The highest BCUT2D eigenvalue weighted by atomic mass is 16.5. The molecule has 5 heteroatoms. The smallest absolute Gasteiger partial charge is 0.231 e. The van der Waals surface area contributed by atoms with Crippen LogP contribution >= 0.6 is 0 Å². The number of Topliss-reactive ketones (excluding diaryl/α,β-unsaturated/α-hetero) is 1. The zero-order valence-electron chi connectivity index (χ0n) is 13.9. The van der Waals surface area contributed by atoms with E-state index in [0.29, 0.717) is 36.4 Å². The van der Waals surface area contributed by atoms with E-state index < -0.39 is 0 Å². The van der Waals surface area contributed by atoms with Crippen molar-refractivity contribution in [1.29, 1.82) is 0 Å². The Kier molecular flexibility index (Phi) is 3.76. The highest BCUT2D eigenvalue weighted by molar-refractivity contribution is 6.09. The minimum absolute atomic E-state index is 0.0105. The van der Waals surface area contributed by atoms with Crippen molar-refractivity contribution in [3.05, 3.63) is 59.8 Å². The third-order valence-corrected chi connectivity index (χ3v) is 4.68. The molecule has 1 N–H and O–H groups in total. The Labute approximate surface area is 145 Å². The van der Waals surface area contributed by atoms with Crippen LogP contribution in [-0.2, 0) is 11.2 Å². The number of rotatable bonds is 3. The second-order valence-corrected chi connectivity index (χ2v) is 6.14. The van der Waals surface area contributed by atoms with E-state index in [0.717, 1.165) is 16.5 Å². The molecule has 2 aromatic carbocycles. The fraction of sp³-hybridized carbons (Fsp3) is 0.200.